The van der Waals surface area contributed by atoms with Crippen molar-refractivity contribution in [2.45, 2.75) is 65.3 Å². The summed E-state index contributed by atoms with van der Waals surface area (Å²) in [6.07, 6.45) is 7.81. The maximum absolute atomic E-state index is 9.36. The zero-order valence-corrected chi connectivity index (χ0v) is 13.2. The molecule has 0 heterocycles. The number of aliphatic hydroxyl groups is 1. The van der Waals surface area contributed by atoms with E-state index in [0.717, 1.165) is 26.2 Å². The first-order valence-corrected chi connectivity index (χ1v) is 8.27. The molecule has 0 atom stereocenters. The highest BCUT2D eigenvalue weighted by Crippen LogP contribution is 2.31. The van der Waals surface area contributed by atoms with Crippen LogP contribution >= 0.6 is 0 Å². The van der Waals surface area contributed by atoms with E-state index in [1.807, 2.05) is 0 Å². The lowest BCUT2D eigenvalue weighted by atomic mass is 9.81. The zero-order chi connectivity index (χ0) is 14.1. The Balaban J connectivity index is 2.65. The van der Waals surface area contributed by atoms with E-state index in [0.29, 0.717) is 18.1 Å². The van der Waals surface area contributed by atoms with E-state index in [9.17, 15) is 5.11 Å². The second-order valence-corrected chi connectivity index (χ2v) is 6.12. The number of nitrogens with one attached hydrogen (secondary N) is 1. The van der Waals surface area contributed by atoms with Crippen molar-refractivity contribution in [1.82, 2.24) is 10.2 Å². The lowest BCUT2D eigenvalue weighted by Crippen LogP contribution is -2.47. The SMILES string of the molecule is CCNCC(CC)(CC)CN(CCO)C1CCCC1. The molecule has 1 saturated carbocycles. The van der Waals surface area contributed by atoms with Gasteiger partial charge in [0.25, 0.3) is 0 Å². The van der Waals surface area contributed by atoms with Gasteiger partial charge in [0.15, 0.2) is 0 Å². The minimum absolute atomic E-state index is 0.293. The van der Waals surface area contributed by atoms with E-state index in [4.69, 9.17) is 0 Å². The van der Waals surface area contributed by atoms with Crippen LogP contribution in [0, 0.1) is 5.41 Å². The molecular weight excluding hydrogens is 236 g/mol. The van der Waals surface area contributed by atoms with Gasteiger partial charge in [-0.25, -0.2) is 0 Å². The Morgan fingerprint density at radius 2 is 1.79 bits per heavy atom. The Kier molecular flexibility index (Phi) is 7.96. The van der Waals surface area contributed by atoms with Crippen LogP contribution in [-0.2, 0) is 0 Å². The fraction of sp³-hybridized carbons (Fsp3) is 1.00. The van der Waals surface area contributed by atoms with Gasteiger partial charge in [0.1, 0.15) is 0 Å². The molecular formula is C16H34N2O. The van der Waals surface area contributed by atoms with Crippen LogP contribution in [0.25, 0.3) is 0 Å². The molecule has 0 aromatic carbocycles. The smallest absolute Gasteiger partial charge is 0.0558 e. The summed E-state index contributed by atoms with van der Waals surface area (Å²) in [6, 6.07) is 0.714. The van der Waals surface area contributed by atoms with Crippen molar-refractivity contribution in [3.05, 3.63) is 0 Å². The quantitative estimate of drug-likeness (QED) is 0.640. The molecule has 19 heavy (non-hydrogen) atoms. The first-order valence-electron chi connectivity index (χ1n) is 8.27. The number of aliphatic hydroxyl groups excluding tert-OH is 1. The van der Waals surface area contributed by atoms with Crippen LogP contribution in [0.1, 0.15) is 59.3 Å². The van der Waals surface area contributed by atoms with Crippen molar-refractivity contribution in [3.63, 3.8) is 0 Å². The lowest BCUT2D eigenvalue weighted by Gasteiger charge is -2.40. The molecule has 1 aliphatic carbocycles. The van der Waals surface area contributed by atoms with E-state index < -0.39 is 0 Å². The predicted molar refractivity (Wildman–Crippen MR) is 82.5 cm³/mol. The van der Waals surface area contributed by atoms with Gasteiger partial charge in [-0.05, 0) is 37.6 Å². The second kappa shape index (κ2) is 8.93. The summed E-state index contributed by atoms with van der Waals surface area (Å²) in [7, 11) is 0. The average Bonchev–Trinajstić information content (AvgIpc) is 2.97. The molecule has 0 bridgehead atoms. The first kappa shape index (κ1) is 16.9. The van der Waals surface area contributed by atoms with Gasteiger partial charge in [0.05, 0.1) is 6.61 Å². The summed E-state index contributed by atoms with van der Waals surface area (Å²) in [5.74, 6) is 0. The number of hydrogen-bond acceptors (Lipinski definition) is 3. The van der Waals surface area contributed by atoms with Crippen molar-refractivity contribution in [1.29, 1.82) is 0 Å². The summed E-state index contributed by atoms with van der Waals surface area (Å²) >= 11 is 0. The fourth-order valence-electron chi connectivity index (χ4n) is 3.39. The fourth-order valence-corrected chi connectivity index (χ4v) is 3.39. The largest absolute Gasteiger partial charge is 0.395 e. The van der Waals surface area contributed by atoms with Crippen LogP contribution in [0.4, 0.5) is 0 Å². The third kappa shape index (κ3) is 5.05. The van der Waals surface area contributed by atoms with Crippen LogP contribution in [0.5, 0.6) is 0 Å². The monoisotopic (exact) mass is 270 g/mol. The van der Waals surface area contributed by atoms with Crippen molar-refractivity contribution >= 4 is 0 Å². The van der Waals surface area contributed by atoms with Gasteiger partial charge < -0.3 is 10.4 Å². The molecule has 114 valence electrons. The van der Waals surface area contributed by atoms with Gasteiger partial charge >= 0.3 is 0 Å². The Labute approximate surface area is 119 Å². The lowest BCUT2D eigenvalue weighted by molar-refractivity contribution is 0.0813. The van der Waals surface area contributed by atoms with E-state index in [-0.39, 0.29) is 0 Å². The summed E-state index contributed by atoms with van der Waals surface area (Å²) < 4.78 is 0. The van der Waals surface area contributed by atoms with Gasteiger partial charge in [-0.3, -0.25) is 4.90 Å². The maximum Gasteiger partial charge on any atom is 0.0558 e. The van der Waals surface area contributed by atoms with Crippen LogP contribution in [0.15, 0.2) is 0 Å². The van der Waals surface area contributed by atoms with Crippen LogP contribution in [-0.4, -0.2) is 48.8 Å². The van der Waals surface area contributed by atoms with E-state index >= 15 is 0 Å². The number of hydrogen-bond donors (Lipinski definition) is 2. The van der Waals surface area contributed by atoms with Crippen molar-refractivity contribution in [2.75, 3.05) is 32.8 Å². The molecule has 0 unspecified atom stereocenters. The molecule has 0 amide bonds. The summed E-state index contributed by atoms with van der Waals surface area (Å²) in [5, 5.41) is 12.9. The van der Waals surface area contributed by atoms with E-state index in [2.05, 4.69) is 31.0 Å². The third-order valence-corrected chi connectivity index (χ3v) is 5.02. The standard InChI is InChI=1S/C16H34N2O/c1-4-16(5-2,13-17-6-3)14-18(11-12-19)15-9-7-8-10-15/h15,17,19H,4-14H2,1-3H3. The van der Waals surface area contributed by atoms with E-state index in [1.165, 1.54) is 38.5 Å². The molecule has 2 N–H and O–H groups in total. The summed E-state index contributed by atoms with van der Waals surface area (Å²) in [4.78, 5) is 2.57. The number of rotatable bonds is 10. The molecule has 1 fully saturated rings. The van der Waals surface area contributed by atoms with Gasteiger partial charge in [-0.2, -0.15) is 0 Å². The molecule has 0 aromatic heterocycles. The summed E-state index contributed by atoms with van der Waals surface area (Å²) in [5.41, 5.74) is 0.369. The van der Waals surface area contributed by atoms with Crippen molar-refractivity contribution < 1.29 is 5.11 Å². The molecule has 0 aliphatic heterocycles. The van der Waals surface area contributed by atoms with Crippen molar-refractivity contribution in [3.8, 4) is 0 Å². The van der Waals surface area contributed by atoms with Crippen LogP contribution < -0.4 is 5.32 Å². The maximum atomic E-state index is 9.36. The number of nitrogens with zero attached hydrogens (tertiary/aromatic N) is 1. The Morgan fingerprint density at radius 3 is 2.26 bits per heavy atom. The third-order valence-electron chi connectivity index (χ3n) is 5.02. The molecule has 0 saturated heterocycles. The highest BCUT2D eigenvalue weighted by molar-refractivity contribution is 4.87. The van der Waals surface area contributed by atoms with E-state index in [1.54, 1.807) is 0 Å². The normalized spacial score (nSPS) is 17.5. The Hall–Kier alpha value is -0.120. The highest BCUT2D eigenvalue weighted by atomic mass is 16.3. The average molecular weight is 270 g/mol. The molecule has 0 spiro atoms. The minimum atomic E-state index is 0.293. The Morgan fingerprint density at radius 1 is 1.16 bits per heavy atom. The van der Waals surface area contributed by atoms with Crippen LogP contribution in [0.3, 0.4) is 0 Å². The highest BCUT2D eigenvalue weighted by Gasteiger charge is 2.32. The van der Waals surface area contributed by atoms with Gasteiger partial charge in [0, 0.05) is 25.7 Å². The van der Waals surface area contributed by atoms with Crippen molar-refractivity contribution in [2.24, 2.45) is 5.41 Å². The first-order chi connectivity index (χ1) is 9.21. The molecule has 3 nitrogen and oxygen atoms in total. The molecule has 1 aliphatic rings. The van der Waals surface area contributed by atoms with Crippen LogP contribution in [0.2, 0.25) is 0 Å². The second-order valence-electron chi connectivity index (χ2n) is 6.12. The molecule has 0 radical (unpaired) electrons. The molecule has 0 aromatic rings. The predicted octanol–water partition coefficient (Wildman–Crippen LogP) is 2.64. The Bertz CT molecular complexity index is 223. The van der Waals surface area contributed by atoms with Gasteiger partial charge in [0.2, 0.25) is 0 Å². The van der Waals surface area contributed by atoms with Gasteiger partial charge in [-0.15, -0.1) is 0 Å². The van der Waals surface area contributed by atoms with Gasteiger partial charge in [-0.1, -0.05) is 33.6 Å². The minimum Gasteiger partial charge on any atom is -0.395 e. The summed E-state index contributed by atoms with van der Waals surface area (Å²) in [6.45, 7) is 11.2. The topological polar surface area (TPSA) is 35.5 Å². The molecule has 1 rings (SSSR count). The zero-order valence-electron chi connectivity index (χ0n) is 13.2. The molecule has 3 heteroatoms.